The van der Waals surface area contributed by atoms with Crippen molar-refractivity contribution in [2.45, 2.75) is 38.4 Å². The molecular weight excluding hydrogens is 254 g/mol. The molecule has 1 aliphatic heterocycles. The van der Waals surface area contributed by atoms with E-state index in [-0.39, 0.29) is 36.5 Å². The van der Waals surface area contributed by atoms with E-state index in [4.69, 9.17) is 5.73 Å². The lowest BCUT2D eigenvalue weighted by Gasteiger charge is -2.24. The number of hydrogen-bond acceptors (Lipinski definition) is 3. The van der Waals surface area contributed by atoms with Crippen molar-refractivity contribution in [3.05, 3.63) is 35.9 Å². The minimum Gasteiger partial charge on any atom is -0.327 e. The van der Waals surface area contributed by atoms with Crippen molar-refractivity contribution < 1.29 is 9.59 Å². The van der Waals surface area contributed by atoms with E-state index in [0.717, 1.165) is 5.56 Å². The number of benzene rings is 1. The van der Waals surface area contributed by atoms with E-state index in [1.165, 1.54) is 4.90 Å². The van der Waals surface area contributed by atoms with Crippen LogP contribution < -0.4 is 5.73 Å². The number of amides is 3. The Hall–Kier alpha value is -1.88. The predicted molar refractivity (Wildman–Crippen MR) is 76.9 cm³/mol. The average molecular weight is 275 g/mol. The second kappa shape index (κ2) is 5.63. The summed E-state index contributed by atoms with van der Waals surface area (Å²) in [6, 6.07) is 8.83. The second-order valence-electron chi connectivity index (χ2n) is 5.43. The fourth-order valence-electron chi connectivity index (χ4n) is 2.60. The summed E-state index contributed by atoms with van der Waals surface area (Å²) in [6.45, 7) is 3.72. The van der Waals surface area contributed by atoms with Crippen LogP contribution in [-0.4, -0.2) is 40.9 Å². The van der Waals surface area contributed by atoms with E-state index in [2.05, 4.69) is 0 Å². The Labute approximate surface area is 119 Å². The first-order chi connectivity index (χ1) is 9.43. The number of urea groups is 1. The number of nitrogens with zero attached hydrogens (tertiary/aromatic N) is 2. The third kappa shape index (κ3) is 2.54. The molecule has 3 amide bonds. The van der Waals surface area contributed by atoms with Gasteiger partial charge in [-0.05, 0) is 19.4 Å². The molecule has 1 heterocycles. The van der Waals surface area contributed by atoms with Gasteiger partial charge in [-0.25, -0.2) is 4.79 Å². The molecule has 1 aromatic rings. The molecule has 2 rings (SSSR count). The molecule has 1 saturated heterocycles. The summed E-state index contributed by atoms with van der Waals surface area (Å²) in [6.07, 6.45) is 0.176. The van der Waals surface area contributed by atoms with Crippen LogP contribution in [0.3, 0.4) is 0 Å². The topological polar surface area (TPSA) is 66.6 Å². The Kier molecular flexibility index (Phi) is 4.09. The molecule has 0 bridgehead atoms. The van der Waals surface area contributed by atoms with E-state index in [1.807, 2.05) is 37.3 Å². The van der Waals surface area contributed by atoms with Gasteiger partial charge >= 0.3 is 6.03 Å². The highest BCUT2D eigenvalue weighted by Gasteiger charge is 2.45. The van der Waals surface area contributed by atoms with Gasteiger partial charge in [-0.2, -0.15) is 0 Å². The maximum absolute atomic E-state index is 12.3. The van der Waals surface area contributed by atoms with E-state index >= 15 is 0 Å². The number of imide groups is 1. The number of likely N-dealkylation sites (N-methyl/N-ethyl adjacent to an activating group) is 1. The largest absolute Gasteiger partial charge is 0.327 e. The molecule has 1 fully saturated rings. The Morgan fingerprint density at radius 3 is 2.50 bits per heavy atom. The molecule has 2 N–H and O–H groups in total. The minimum atomic E-state index is -0.257. The maximum Gasteiger partial charge on any atom is 0.327 e. The lowest BCUT2D eigenvalue weighted by Crippen LogP contribution is -2.38. The van der Waals surface area contributed by atoms with E-state index in [1.54, 1.807) is 18.9 Å². The molecule has 1 aromatic carbocycles. The SMILES string of the molecule is C[C@H](N)CC(=O)N1C(=O)N(C)[C@H](C)[C@@H]1c1ccccc1. The zero-order chi connectivity index (χ0) is 14.9. The van der Waals surface area contributed by atoms with Crippen LogP contribution >= 0.6 is 0 Å². The first-order valence-corrected chi connectivity index (χ1v) is 6.83. The predicted octanol–water partition coefficient (Wildman–Crippen LogP) is 1.75. The van der Waals surface area contributed by atoms with Crippen molar-refractivity contribution >= 4 is 11.9 Å². The van der Waals surface area contributed by atoms with Crippen molar-refractivity contribution in [3.8, 4) is 0 Å². The van der Waals surface area contributed by atoms with Crippen LogP contribution in [0.15, 0.2) is 30.3 Å². The molecular formula is C15H21N3O2. The molecule has 108 valence electrons. The number of rotatable bonds is 3. The molecule has 5 heteroatoms. The molecule has 0 aliphatic carbocycles. The molecule has 3 atom stereocenters. The van der Waals surface area contributed by atoms with E-state index in [0.29, 0.717) is 0 Å². The van der Waals surface area contributed by atoms with Gasteiger partial charge in [0.05, 0.1) is 12.1 Å². The maximum atomic E-state index is 12.3. The van der Waals surface area contributed by atoms with Gasteiger partial charge in [0.25, 0.3) is 0 Å². The standard InChI is InChI=1S/C15H21N3O2/c1-10(16)9-13(19)18-14(11(2)17(3)15(18)20)12-7-5-4-6-8-12/h4-8,10-11,14H,9,16H2,1-3H3/t10-,11+,14+/m0/s1. The van der Waals surface area contributed by atoms with Crippen LogP contribution in [0.2, 0.25) is 0 Å². The van der Waals surface area contributed by atoms with Gasteiger partial charge in [0.15, 0.2) is 0 Å². The Bertz CT molecular complexity index is 501. The van der Waals surface area contributed by atoms with Crippen LogP contribution in [0.25, 0.3) is 0 Å². The monoisotopic (exact) mass is 275 g/mol. The summed E-state index contributed by atoms with van der Waals surface area (Å²) in [7, 11) is 1.72. The lowest BCUT2D eigenvalue weighted by atomic mass is 10.00. The molecule has 0 spiro atoms. The number of hydrogen-bond donors (Lipinski definition) is 1. The first-order valence-electron chi connectivity index (χ1n) is 6.83. The first kappa shape index (κ1) is 14.5. The Morgan fingerprint density at radius 1 is 1.35 bits per heavy atom. The zero-order valence-electron chi connectivity index (χ0n) is 12.1. The van der Waals surface area contributed by atoms with Gasteiger partial charge < -0.3 is 10.6 Å². The Balaban J connectivity index is 2.35. The average Bonchev–Trinajstić information content (AvgIpc) is 2.63. The second-order valence-corrected chi connectivity index (χ2v) is 5.43. The van der Waals surface area contributed by atoms with E-state index < -0.39 is 0 Å². The molecule has 20 heavy (non-hydrogen) atoms. The van der Waals surface area contributed by atoms with Gasteiger partial charge in [-0.3, -0.25) is 9.69 Å². The van der Waals surface area contributed by atoms with Crippen molar-refractivity contribution in [2.75, 3.05) is 7.05 Å². The molecule has 0 saturated carbocycles. The normalized spacial score (nSPS) is 24.1. The molecule has 0 radical (unpaired) electrons. The van der Waals surface area contributed by atoms with Crippen LogP contribution in [0.1, 0.15) is 31.9 Å². The molecule has 1 aliphatic rings. The summed E-state index contributed by atoms with van der Waals surface area (Å²) in [4.78, 5) is 27.6. The highest BCUT2D eigenvalue weighted by Crippen LogP contribution is 2.34. The third-order valence-electron chi connectivity index (χ3n) is 3.76. The summed E-state index contributed by atoms with van der Waals surface area (Å²) in [5.74, 6) is -0.213. The van der Waals surface area contributed by atoms with Gasteiger partial charge in [-0.15, -0.1) is 0 Å². The summed E-state index contributed by atoms with van der Waals surface area (Å²) < 4.78 is 0. The molecule has 0 unspecified atom stereocenters. The molecule has 0 aromatic heterocycles. The molecule has 5 nitrogen and oxygen atoms in total. The fraction of sp³-hybridized carbons (Fsp3) is 0.467. The van der Waals surface area contributed by atoms with Gasteiger partial charge in [0.2, 0.25) is 5.91 Å². The van der Waals surface area contributed by atoms with Gasteiger partial charge in [0.1, 0.15) is 0 Å². The number of carbonyl (C=O) groups excluding carboxylic acids is 2. The van der Waals surface area contributed by atoms with Crippen LogP contribution in [-0.2, 0) is 4.79 Å². The van der Waals surface area contributed by atoms with Crippen molar-refractivity contribution in [1.29, 1.82) is 0 Å². The smallest absolute Gasteiger partial charge is 0.327 e. The number of nitrogens with two attached hydrogens (primary N) is 1. The third-order valence-corrected chi connectivity index (χ3v) is 3.76. The van der Waals surface area contributed by atoms with Crippen molar-refractivity contribution in [2.24, 2.45) is 5.73 Å². The summed E-state index contributed by atoms with van der Waals surface area (Å²) >= 11 is 0. The van der Waals surface area contributed by atoms with Crippen LogP contribution in [0, 0.1) is 0 Å². The number of carbonyl (C=O) groups is 2. The highest BCUT2D eigenvalue weighted by atomic mass is 16.2. The minimum absolute atomic E-state index is 0.0538. The quantitative estimate of drug-likeness (QED) is 0.913. The fourth-order valence-corrected chi connectivity index (χ4v) is 2.60. The summed E-state index contributed by atoms with van der Waals surface area (Å²) in [5.41, 5.74) is 6.66. The zero-order valence-corrected chi connectivity index (χ0v) is 12.1. The van der Waals surface area contributed by atoms with Gasteiger partial charge in [-0.1, -0.05) is 30.3 Å². The lowest BCUT2D eigenvalue weighted by molar-refractivity contribution is -0.129. The van der Waals surface area contributed by atoms with E-state index in [9.17, 15) is 9.59 Å². The Morgan fingerprint density at radius 2 is 1.95 bits per heavy atom. The summed E-state index contributed by atoms with van der Waals surface area (Å²) in [5, 5.41) is 0. The van der Waals surface area contributed by atoms with Crippen molar-refractivity contribution in [3.63, 3.8) is 0 Å². The van der Waals surface area contributed by atoms with Crippen LogP contribution in [0.4, 0.5) is 4.79 Å². The van der Waals surface area contributed by atoms with Gasteiger partial charge in [0, 0.05) is 19.5 Å². The highest BCUT2D eigenvalue weighted by molar-refractivity contribution is 5.97. The van der Waals surface area contributed by atoms with Crippen LogP contribution in [0.5, 0.6) is 0 Å². The van der Waals surface area contributed by atoms with Crippen molar-refractivity contribution in [1.82, 2.24) is 9.80 Å².